The molecule has 1 heterocycles. The predicted molar refractivity (Wildman–Crippen MR) is 57.4 cm³/mol. The molecule has 1 saturated carbocycles. The number of nitrogens with zero attached hydrogens (tertiary/aromatic N) is 1. The summed E-state index contributed by atoms with van der Waals surface area (Å²) in [5.41, 5.74) is 1.24. The van der Waals surface area contributed by atoms with Crippen LogP contribution in [0.2, 0.25) is 0 Å². The van der Waals surface area contributed by atoms with Crippen LogP contribution in [0.1, 0.15) is 53.6 Å². The maximum atomic E-state index is 4.65. The Morgan fingerprint density at radius 2 is 1.85 bits per heavy atom. The summed E-state index contributed by atoms with van der Waals surface area (Å²) >= 11 is 1.91. The van der Waals surface area contributed by atoms with Crippen LogP contribution >= 0.6 is 11.3 Å². The quantitative estimate of drug-likeness (QED) is 0.664. The van der Waals surface area contributed by atoms with E-state index in [1.54, 1.807) is 0 Å². The van der Waals surface area contributed by atoms with Crippen molar-refractivity contribution in [3.05, 3.63) is 15.6 Å². The number of thiazole rings is 1. The van der Waals surface area contributed by atoms with Crippen LogP contribution in [-0.2, 0) is 0 Å². The molecule has 0 radical (unpaired) electrons. The van der Waals surface area contributed by atoms with E-state index in [1.165, 1.54) is 47.7 Å². The van der Waals surface area contributed by atoms with Gasteiger partial charge in [0.05, 0.1) is 10.7 Å². The highest BCUT2D eigenvalue weighted by molar-refractivity contribution is 7.11. The lowest BCUT2D eigenvalue weighted by Gasteiger charge is -2.18. The molecular formula is C11H17NS. The second-order valence-electron chi connectivity index (χ2n) is 4.03. The maximum absolute atomic E-state index is 4.65. The van der Waals surface area contributed by atoms with Crippen LogP contribution in [0.3, 0.4) is 0 Å². The first kappa shape index (κ1) is 9.20. The second kappa shape index (κ2) is 3.79. The van der Waals surface area contributed by atoms with Gasteiger partial charge in [0.15, 0.2) is 0 Å². The van der Waals surface area contributed by atoms with Crippen molar-refractivity contribution in [1.29, 1.82) is 0 Å². The van der Waals surface area contributed by atoms with Gasteiger partial charge in [0.2, 0.25) is 0 Å². The van der Waals surface area contributed by atoms with Crippen LogP contribution in [0.15, 0.2) is 0 Å². The third-order valence-electron chi connectivity index (χ3n) is 3.00. The molecule has 1 aliphatic carbocycles. The van der Waals surface area contributed by atoms with Gasteiger partial charge in [0, 0.05) is 10.8 Å². The molecule has 0 aromatic carbocycles. The van der Waals surface area contributed by atoms with Crippen LogP contribution in [0.5, 0.6) is 0 Å². The minimum Gasteiger partial charge on any atom is -0.246 e. The molecule has 13 heavy (non-hydrogen) atoms. The van der Waals surface area contributed by atoms with Crippen molar-refractivity contribution in [1.82, 2.24) is 4.98 Å². The van der Waals surface area contributed by atoms with Gasteiger partial charge in [-0.1, -0.05) is 19.3 Å². The minimum absolute atomic E-state index is 0.783. The molecule has 1 aromatic heterocycles. The Balaban J connectivity index is 2.14. The molecule has 0 spiro atoms. The average molecular weight is 195 g/mol. The van der Waals surface area contributed by atoms with Crippen molar-refractivity contribution in [3.8, 4) is 0 Å². The molecule has 1 aliphatic rings. The molecule has 0 saturated heterocycles. The molecule has 0 bridgehead atoms. The standard InChI is InChI=1S/C11H17NS/c1-8-9(2)13-11(12-8)10-6-4-3-5-7-10/h10H,3-7H2,1-2H3. The molecule has 0 amide bonds. The molecule has 72 valence electrons. The number of aryl methyl sites for hydroxylation is 2. The molecule has 1 nitrogen and oxygen atoms in total. The number of hydrogen-bond acceptors (Lipinski definition) is 2. The fourth-order valence-electron chi connectivity index (χ4n) is 2.02. The number of rotatable bonds is 1. The summed E-state index contributed by atoms with van der Waals surface area (Å²) in [7, 11) is 0. The van der Waals surface area contributed by atoms with Crippen LogP contribution in [0.25, 0.3) is 0 Å². The Morgan fingerprint density at radius 1 is 1.15 bits per heavy atom. The lowest BCUT2D eigenvalue weighted by atomic mass is 9.90. The predicted octanol–water partition coefficient (Wildman–Crippen LogP) is 3.81. The smallest absolute Gasteiger partial charge is 0.0961 e. The van der Waals surface area contributed by atoms with Crippen molar-refractivity contribution in [3.63, 3.8) is 0 Å². The minimum atomic E-state index is 0.783. The largest absolute Gasteiger partial charge is 0.246 e. The topological polar surface area (TPSA) is 12.9 Å². The van der Waals surface area contributed by atoms with Gasteiger partial charge in [-0.15, -0.1) is 11.3 Å². The van der Waals surface area contributed by atoms with E-state index in [1.807, 2.05) is 11.3 Å². The van der Waals surface area contributed by atoms with Gasteiger partial charge >= 0.3 is 0 Å². The fraction of sp³-hybridized carbons (Fsp3) is 0.727. The van der Waals surface area contributed by atoms with Crippen molar-refractivity contribution in [2.24, 2.45) is 0 Å². The fourth-order valence-corrected chi connectivity index (χ4v) is 3.11. The lowest BCUT2D eigenvalue weighted by molar-refractivity contribution is 0.442. The van der Waals surface area contributed by atoms with E-state index in [9.17, 15) is 0 Å². The normalized spacial score (nSPS) is 19.2. The monoisotopic (exact) mass is 195 g/mol. The Bertz CT molecular complexity index is 265. The first-order valence-electron chi connectivity index (χ1n) is 5.21. The first-order valence-corrected chi connectivity index (χ1v) is 6.03. The SMILES string of the molecule is Cc1nc(C2CCCCC2)sc1C. The summed E-state index contributed by atoms with van der Waals surface area (Å²) < 4.78 is 0. The summed E-state index contributed by atoms with van der Waals surface area (Å²) in [4.78, 5) is 6.06. The van der Waals surface area contributed by atoms with E-state index in [2.05, 4.69) is 18.8 Å². The Labute approximate surface area is 84.2 Å². The van der Waals surface area contributed by atoms with E-state index < -0.39 is 0 Å². The molecule has 0 aliphatic heterocycles. The zero-order chi connectivity index (χ0) is 9.26. The molecule has 0 unspecified atom stereocenters. The molecular weight excluding hydrogens is 178 g/mol. The van der Waals surface area contributed by atoms with Gasteiger partial charge in [-0.2, -0.15) is 0 Å². The van der Waals surface area contributed by atoms with Gasteiger partial charge < -0.3 is 0 Å². The summed E-state index contributed by atoms with van der Waals surface area (Å²) in [5.74, 6) is 0.783. The molecule has 1 aromatic rings. The zero-order valence-electron chi connectivity index (χ0n) is 8.47. The highest BCUT2D eigenvalue weighted by atomic mass is 32.1. The molecule has 0 N–H and O–H groups in total. The summed E-state index contributed by atoms with van der Waals surface area (Å²) in [6.07, 6.45) is 6.98. The van der Waals surface area contributed by atoms with Gasteiger partial charge in [0.1, 0.15) is 0 Å². The molecule has 0 atom stereocenters. The second-order valence-corrected chi connectivity index (χ2v) is 5.26. The molecule has 2 heteroatoms. The van der Waals surface area contributed by atoms with Gasteiger partial charge in [-0.05, 0) is 26.7 Å². The lowest BCUT2D eigenvalue weighted by Crippen LogP contribution is -2.03. The molecule has 1 fully saturated rings. The summed E-state index contributed by atoms with van der Waals surface area (Å²) in [5, 5.41) is 1.40. The van der Waals surface area contributed by atoms with Crippen molar-refractivity contribution in [2.75, 3.05) is 0 Å². The summed E-state index contributed by atoms with van der Waals surface area (Å²) in [6.45, 7) is 4.30. The zero-order valence-corrected chi connectivity index (χ0v) is 9.28. The summed E-state index contributed by atoms with van der Waals surface area (Å²) in [6, 6.07) is 0. The van der Waals surface area contributed by atoms with E-state index in [0.29, 0.717) is 0 Å². The van der Waals surface area contributed by atoms with E-state index in [0.717, 1.165) is 5.92 Å². The highest BCUT2D eigenvalue weighted by Crippen LogP contribution is 2.35. The Morgan fingerprint density at radius 3 is 2.38 bits per heavy atom. The van der Waals surface area contributed by atoms with Crippen LogP contribution in [-0.4, -0.2) is 4.98 Å². The number of aromatic nitrogens is 1. The van der Waals surface area contributed by atoms with Crippen LogP contribution in [0.4, 0.5) is 0 Å². The van der Waals surface area contributed by atoms with Crippen molar-refractivity contribution < 1.29 is 0 Å². The third kappa shape index (κ3) is 1.93. The van der Waals surface area contributed by atoms with Crippen LogP contribution in [0, 0.1) is 13.8 Å². The average Bonchev–Trinajstić information content (AvgIpc) is 2.49. The van der Waals surface area contributed by atoms with Crippen molar-refractivity contribution >= 4 is 11.3 Å². The van der Waals surface area contributed by atoms with Gasteiger partial charge in [-0.25, -0.2) is 4.98 Å². The maximum Gasteiger partial charge on any atom is 0.0961 e. The van der Waals surface area contributed by atoms with E-state index >= 15 is 0 Å². The van der Waals surface area contributed by atoms with Crippen molar-refractivity contribution in [2.45, 2.75) is 51.9 Å². The number of hydrogen-bond donors (Lipinski definition) is 0. The van der Waals surface area contributed by atoms with E-state index in [-0.39, 0.29) is 0 Å². The molecule has 2 rings (SSSR count). The Kier molecular flexibility index (Phi) is 2.68. The van der Waals surface area contributed by atoms with Gasteiger partial charge in [0.25, 0.3) is 0 Å². The van der Waals surface area contributed by atoms with E-state index in [4.69, 9.17) is 0 Å². The third-order valence-corrected chi connectivity index (χ3v) is 4.23. The van der Waals surface area contributed by atoms with Gasteiger partial charge in [-0.3, -0.25) is 0 Å². The first-order chi connectivity index (χ1) is 6.27. The highest BCUT2D eigenvalue weighted by Gasteiger charge is 2.18. The Hall–Kier alpha value is -0.370. The van der Waals surface area contributed by atoms with Crippen LogP contribution < -0.4 is 0 Å².